The van der Waals surface area contributed by atoms with Gasteiger partial charge >= 0.3 is 0 Å². The second-order valence-corrected chi connectivity index (χ2v) is 6.21. The van der Waals surface area contributed by atoms with Crippen LogP contribution in [0.3, 0.4) is 0 Å². The standard InChI is InChI=1S/C17H28NO2.HI/c1-4-18(3,5-2)12-15(19)13-20-17-9-7-6-8-16(17)14-10-11-14;/h6-9,14-15,19H,4-5,10-13H2,1-3H3;1H/q+1;/p-1. The van der Waals surface area contributed by atoms with Gasteiger partial charge in [-0.3, -0.25) is 0 Å². The van der Waals surface area contributed by atoms with Crippen molar-refractivity contribution >= 4 is 0 Å². The van der Waals surface area contributed by atoms with Crippen molar-refractivity contribution in [2.75, 3.05) is 33.3 Å². The Morgan fingerprint density at radius 2 is 1.86 bits per heavy atom. The van der Waals surface area contributed by atoms with E-state index in [2.05, 4.69) is 33.0 Å². The number of likely N-dealkylation sites (N-methyl/N-ethyl adjacent to an activating group) is 1. The molecule has 0 bridgehead atoms. The van der Waals surface area contributed by atoms with Crippen LogP contribution in [0.25, 0.3) is 0 Å². The predicted molar refractivity (Wildman–Crippen MR) is 82.1 cm³/mol. The van der Waals surface area contributed by atoms with Crippen molar-refractivity contribution in [1.82, 2.24) is 0 Å². The summed E-state index contributed by atoms with van der Waals surface area (Å²) in [6.07, 6.45) is 2.12. The van der Waals surface area contributed by atoms with Crippen LogP contribution in [0.15, 0.2) is 24.3 Å². The molecule has 1 aliphatic carbocycles. The Hall–Kier alpha value is -0.330. The molecular weight excluding hydrogens is 377 g/mol. The van der Waals surface area contributed by atoms with E-state index < -0.39 is 6.10 Å². The molecule has 2 rings (SSSR count). The first-order chi connectivity index (χ1) is 9.58. The van der Waals surface area contributed by atoms with Gasteiger partial charge in [0.05, 0.1) is 20.1 Å². The summed E-state index contributed by atoms with van der Waals surface area (Å²) in [4.78, 5) is 0. The molecule has 1 saturated carbocycles. The summed E-state index contributed by atoms with van der Waals surface area (Å²) in [5.74, 6) is 1.63. The second-order valence-electron chi connectivity index (χ2n) is 6.21. The maximum absolute atomic E-state index is 10.2. The fourth-order valence-corrected chi connectivity index (χ4v) is 2.57. The monoisotopic (exact) mass is 405 g/mol. The number of ether oxygens (including phenoxy) is 1. The van der Waals surface area contributed by atoms with E-state index >= 15 is 0 Å². The third kappa shape index (κ3) is 5.42. The number of benzene rings is 1. The van der Waals surface area contributed by atoms with Crippen molar-refractivity contribution in [2.45, 2.75) is 38.7 Å². The van der Waals surface area contributed by atoms with Gasteiger partial charge in [0.25, 0.3) is 0 Å². The van der Waals surface area contributed by atoms with Gasteiger partial charge in [-0.2, -0.15) is 0 Å². The highest BCUT2D eigenvalue weighted by Crippen LogP contribution is 2.44. The Kier molecular flexibility index (Phi) is 7.44. The van der Waals surface area contributed by atoms with Crippen LogP contribution in [0, 0.1) is 0 Å². The van der Waals surface area contributed by atoms with Gasteiger partial charge in [-0.1, -0.05) is 18.2 Å². The Labute approximate surface area is 145 Å². The van der Waals surface area contributed by atoms with Gasteiger partial charge in [0, 0.05) is 0 Å². The lowest BCUT2D eigenvalue weighted by atomic mass is 10.1. The Bertz CT molecular complexity index is 431. The summed E-state index contributed by atoms with van der Waals surface area (Å²) >= 11 is 0. The molecule has 1 N–H and O–H groups in total. The van der Waals surface area contributed by atoms with Gasteiger partial charge in [0.1, 0.15) is 25.0 Å². The lowest BCUT2D eigenvalue weighted by Crippen LogP contribution is -3.00. The molecule has 21 heavy (non-hydrogen) atoms. The normalized spacial score (nSPS) is 16.2. The van der Waals surface area contributed by atoms with Crippen LogP contribution >= 0.6 is 0 Å². The molecule has 1 atom stereocenters. The maximum Gasteiger partial charge on any atom is 0.137 e. The van der Waals surface area contributed by atoms with Crippen molar-refractivity contribution in [3.8, 4) is 5.75 Å². The minimum absolute atomic E-state index is 0. The largest absolute Gasteiger partial charge is 1.00 e. The van der Waals surface area contributed by atoms with Crippen LogP contribution in [0.4, 0.5) is 0 Å². The number of hydrogen-bond donors (Lipinski definition) is 1. The van der Waals surface area contributed by atoms with Crippen LogP contribution in [-0.2, 0) is 0 Å². The van der Waals surface area contributed by atoms with Gasteiger partial charge in [-0.05, 0) is 44.2 Å². The molecular formula is C17H28INO2. The molecule has 1 aromatic rings. The van der Waals surface area contributed by atoms with Gasteiger partial charge in [0.2, 0.25) is 0 Å². The van der Waals surface area contributed by atoms with Gasteiger partial charge in [-0.15, -0.1) is 0 Å². The van der Waals surface area contributed by atoms with E-state index in [4.69, 9.17) is 4.74 Å². The van der Waals surface area contributed by atoms with Gasteiger partial charge in [-0.25, -0.2) is 0 Å². The zero-order valence-corrected chi connectivity index (χ0v) is 15.5. The summed E-state index contributed by atoms with van der Waals surface area (Å²) in [5.41, 5.74) is 1.31. The van der Waals surface area contributed by atoms with E-state index in [0.717, 1.165) is 29.9 Å². The van der Waals surface area contributed by atoms with E-state index in [-0.39, 0.29) is 24.0 Å². The molecule has 1 unspecified atom stereocenters. The van der Waals surface area contributed by atoms with Crippen LogP contribution in [-0.4, -0.2) is 49.0 Å². The maximum atomic E-state index is 10.2. The molecule has 0 saturated heterocycles. The first-order valence-electron chi connectivity index (χ1n) is 7.81. The highest BCUT2D eigenvalue weighted by Gasteiger charge is 2.27. The number of nitrogens with zero attached hydrogens (tertiary/aromatic N) is 1. The van der Waals surface area contributed by atoms with Crippen molar-refractivity contribution in [3.05, 3.63) is 29.8 Å². The Morgan fingerprint density at radius 1 is 1.24 bits per heavy atom. The van der Waals surface area contributed by atoms with Crippen LogP contribution in [0.2, 0.25) is 0 Å². The highest BCUT2D eigenvalue weighted by atomic mass is 127. The minimum atomic E-state index is -0.410. The molecule has 0 radical (unpaired) electrons. The molecule has 1 fully saturated rings. The van der Waals surface area contributed by atoms with E-state index in [9.17, 15) is 5.11 Å². The lowest BCUT2D eigenvalue weighted by molar-refractivity contribution is -0.909. The van der Waals surface area contributed by atoms with E-state index in [1.807, 2.05) is 12.1 Å². The summed E-state index contributed by atoms with van der Waals surface area (Å²) in [7, 11) is 2.18. The van der Waals surface area contributed by atoms with Crippen molar-refractivity contribution in [2.24, 2.45) is 0 Å². The molecule has 1 aliphatic rings. The van der Waals surface area contributed by atoms with Crippen molar-refractivity contribution in [3.63, 3.8) is 0 Å². The SMILES string of the molecule is CC[N+](C)(CC)CC(O)COc1ccccc1C1CC1.[I-]. The van der Waals surface area contributed by atoms with Crippen LogP contribution in [0.5, 0.6) is 5.75 Å². The van der Waals surface area contributed by atoms with Gasteiger partial charge < -0.3 is 38.3 Å². The molecule has 120 valence electrons. The smallest absolute Gasteiger partial charge is 0.137 e. The Morgan fingerprint density at radius 3 is 2.43 bits per heavy atom. The molecule has 0 spiro atoms. The molecule has 0 aromatic heterocycles. The lowest BCUT2D eigenvalue weighted by Gasteiger charge is -2.33. The first-order valence-corrected chi connectivity index (χ1v) is 7.81. The molecule has 0 heterocycles. The fourth-order valence-electron chi connectivity index (χ4n) is 2.57. The van der Waals surface area contributed by atoms with Crippen LogP contribution in [0.1, 0.15) is 38.2 Å². The summed E-state index contributed by atoms with van der Waals surface area (Å²) < 4.78 is 6.76. The van der Waals surface area contributed by atoms with E-state index in [1.54, 1.807) is 0 Å². The zero-order valence-electron chi connectivity index (χ0n) is 13.4. The van der Waals surface area contributed by atoms with Crippen LogP contribution < -0.4 is 28.7 Å². The second kappa shape index (κ2) is 8.34. The molecule has 3 nitrogen and oxygen atoms in total. The quantitative estimate of drug-likeness (QED) is 0.480. The number of rotatable bonds is 8. The Balaban J connectivity index is 0.00000220. The third-order valence-electron chi connectivity index (χ3n) is 4.55. The zero-order chi connectivity index (χ0) is 14.6. The highest BCUT2D eigenvalue weighted by molar-refractivity contribution is 5.38. The van der Waals surface area contributed by atoms with Gasteiger partial charge in [0.15, 0.2) is 0 Å². The minimum Gasteiger partial charge on any atom is -1.00 e. The number of aliphatic hydroxyl groups is 1. The number of aliphatic hydroxyl groups excluding tert-OH is 1. The van der Waals surface area contributed by atoms with Crippen molar-refractivity contribution < 1.29 is 38.3 Å². The average molecular weight is 405 g/mol. The molecule has 0 aliphatic heterocycles. The topological polar surface area (TPSA) is 29.5 Å². The predicted octanol–water partition coefficient (Wildman–Crippen LogP) is -0.206. The summed E-state index contributed by atoms with van der Waals surface area (Å²) in [5, 5.41) is 10.2. The number of halogens is 1. The molecule has 0 amide bonds. The number of hydrogen-bond acceptors (Lipinski definition) is 2. The number of quaternary nitrogens is 1. The molecule has 1 aromatic carbocycles. The van der Waals surface area contributed by atoms with Crippen molar-refractivity contribution in [1.29, 1.82) is 0 Å². The summed E-state index contributed by atoms with van der Waals surface area (Å²) in [6, 6.07) is 8.25. The number of para-hydroxylation sites is 1. The third-order valence-corrected chi connectivity index (χ3v) is 4.55. The van der Waals surface area contributed by atoms with E-state index in [0.29, 0.717) is 12.5 Å². The summed E-state index contributed by atoms with van der Waals surface area (Å²) in [6.45, 7) is 7.54. The first kappa shape index (κ1) is 18.7. The fraction of sp³-hybridized carbons (Fsp3) is 0.647. The molecule has 4 heteroatoms. The van der Waals surface area contributed by atoms with E-state index in [1.165, 1.54) is 18.4 Å². The average Bonchev–Trinajstić information content (AvgIpc) is 3.30.